The summed E-state index contributed by atoms with van der Waals surface area (Å²) in [6.07, 6.45) is 33.5. The first kappa shape index (κ1) is 30.9. The third-order valence-electron chi connectivity index (χ3n) is 6.78. The molecule has 0 heterocycles. The summed E-state index contributed by atoms with van der Waals surface area (Å²) in [5, 5.41) is 0. The molecule has 0 unspecified atom stereocenters. The Morgan fingerprint density at radius 1 is 0.323 bits per heavy atom. The van der Waals surface area contributed by atoms with Crippen molar-refractivity contribution in [2.45, 2.75) is 187 Å². The van der Waals surface area contributed by atoms with Crippen molar-refractivity contribution in [3.63, 3.8) is 0 Å². The highest BCUT2D eigenvalue weighted by Crippen LogP contribution is 2.16. The Morgan fingerprint density at radius 3 is 0.710 bits per heavy atom. The van der Waals surface area contributed by atoms with Crippen molar-refractivity contribution < 1.29 is 8.78 Å². The molecule has 0 amide bonds. The SMILES string of the molecule is CCCCCCCCCCCCCCCCCCCCCCCCCCCCC(F)F. The van der Waals surface area contributed by atoms with Gasteiger partial charge in [0, 0.05) is 6.42 Å². The van der Waals surface area contributed by atoms with Crippen LogP contribution in [0.4, 0.5) is 8.78 Å². The molecule has 0 aliphatic carbocycles. The summed E-state index contributed by atoms with van der Waals surface area (Å²) in [7, 11) is 0. The van der Waals surface area contributed by atoms with E-state index in [-0.39, 0.29) is 6.42 Å². The predicted octanol–water partition coefficient (Wildman–Crippen LogP) is 11.8. The maximum Gasteiger partial charge on any atom is 0.238 e. The van der Waals surface area contributed by atoms with Gasteiger partial charge >= 0.3 is 0 Å². The molecular weight excluding hydrogens is 386 g/mol. The van der Waals surface area contributed by atoms with Crippen molar-refractivity contribution >= 4 is 0 Å². The second-order valence-electron chi connectivity index (χ2n) is 10.0. The molecule has 0 bridgehead atoms. The van der Waals surface area contributed by atoms with Crippen molar-refractivity contribution in [3.8, 4) is 0 Å². The van der Waals surface area contributed by atoms with E-state index in [4.69, 9.17) is 0 Å². The van der Waals surface area contributed by atoms with E-state index in [0.29, 0.717) is 6.42 Å². The molecule has 0 fully saturated rings. The number of unbranched alkanes of at least 4 members (excludes halogenated alkanes) is 25. The molecule has 0 radical (unpaired) electrons. The zero-order chi connectivity index (χ0) is 22.7. The lowest BCUT2D eigenvalue weighted by Crippen LogP contribution is -1.89. The lowest BCUT2D eigenvalue weighted by atomic mass is 10.0. The van der Waals surface area contributed by atoms with Gasteiger partial charge in [-0.15, -0.1) is 0 Å². The zero-order valence-electron chi connectivity index (χ0n) is 21.4. The Hall–Kier alpha value is -0.140. The van der Waals surface area contributed by atoms with E-state index in [0.717, 1.165) is 12.8 Å². The largest absolute Gasteiger partial charge is 0.238 e. The Bertz CT molecular complexity index is 303. The third kappa shape index (κ3) is 29.9. The van der Waals surface area contributed by atoms with Crippen LogP contribution >= 0.6 is 0 Å². The molecule has 0 saturated heterocycles. The molecule has 0 N–H and O–H groups in total. The van der Waals surface area contributed by atoms with Gasteiger partial charge in [0.05, 0.1) is 0 Å². The summed E-state index contributed by atoms with van der Waals surface area (Å²) in [6, 6.07) is 0. The predicted molar refractivity (Wildman–Crippen MR) is 136 cm³/mol. The fourth-order valence-electron chi connectivity index (χ4n) is 4.61. The van der Waals surface area contributed by atoms with Crippen LogP contribution in [0.1, 0.15) is 180 Å². The number of hydrogen-bond acceptors (Lipinski definition) is 0. The van der Waals surface area contributed by atoms with Crippen LogP contribution in [0.5, 0.6) is 0 Å². The van der Waals surface area contributed by atoms with Crippen LogP contribution < -0.4 is 0 Å². The third-order valence-corrected chi connectivity index (χ3v) is 6.78. The maximum atomic E-state index is 12.0. The molecule has 188 valence electrons. The summed E-state index contributed by atoms with van der Waals surface area (Å²) >= 11 is 0. The highest BCUT2D eigenvalue weighted by molar-refractivity contribution is 4.52. The monoisotopic (exact) mass is 444 g/mol. The fraction of sp³-hybridized carbons (Fsp3) is 1.00. The molecule has 0 nitrogen and oxygen atoms in total. The molecule has 0 saturated carbocycles. The molecule has 0 atom stereocenters. The smallest absolute Gasteiger partial charge is 0.211 e. The standard InChI is InChI=1S/C29H58F2/c1-2-3-4-5-6-7-8-9-10-11-12-13-14-15-16-17-18-19-20-21-22-23-24-25-26-27-28-29(30)31/h29H,2-28H2,1H3. The van der Waals surface area contributed by atoms with Crippen LogP contribution in [0.2, 0.25) is 0 Å². The summed E-state index contributed by atoms with van der Waals surface area (Å²) < 4.78 is 24.0. The Morgan fingerprint density at radius 2 is 0.516 bits per heavy atom. The van der Waals surface area contributed by atoms with Gasteiger partial charge in [0.2, 0.25) is 6.43 Å². The van der Waals surface area contributed by atoms with Gasteiger partial charge in [0.1, 0.15) is 0 Å². The van der Waals surface area contributed by atoms with Gasteiger partial charge in [-0.1, -0.05) is 167 Å². The van der Waals surface area contributed by atoms with Gasteiger partial charge in [0.25, 0.3) is 0 Å². The number of alkyl halides is 2. The van der Waals surface area contributed by atoms with Gasteiger partial charge in [-0.2, -0.15) is 0 Å². The topological polar surface area (TPSA) is 0 Å². The van der Waals surface area contributed by atoms with Crippen LogP contribution in [0.25, 0.3) is 0 Å². The van der Waals surface area contributed by atoms with Crippen LogP contribution in [0.15, 0.2) is 0 Å². The van der Waals surface area contributed by atoms with E-state index in [1.54, 1.807) is 0 Å². The molecule has 0 rings (SSSR count). The van der Waals surface area contributed by atoms with E-state index in [1.807, 2.05) is 0 Å². The normalized spacial score (nSPS) is 11.6. The summed E-state index contributed by atoms with van der Waals surface area (Å²) in [5.74, 6) is 0. The lowest BCUT2D eigenvalue weighted by molar-refractivity contribution is 0.133. The summed E-state index contributed by atoms with van der Waals surface area (Å²) in [6.45, 7) is 2.29. The van der Waals surface area contributed by atoms with Crippen molar-refractivity contribution in [1.82, 2.24) is 0 Å². The first-order chi connectivity index (χ1) is 15.3. The average molecular weight is 445 g/mol. The molecule has 0 aromatic carbocycles. The highest BCUT2D eigenvalue weighted by Gasteiger charge is 2.01. The van der Waals surface area contributed by atoms with E-state index in [1.165, 1.54) is 148 Å². The van der Waals surface area contributed by atoms with Gasteiger partial charge in [0.15, 0.2) is 0 Å². The molecule has 0 aliphatic rings. The molecule has 0 aromatic heterocycles. The van der Waals surface area contributed by atoms with Crippen LogP contribution in [0, 0.1) is 0 Å². The molecule has 2 heteroatoms. The van der Waals surface area contributed by atoms with E-state index in [2.05, 4.69) is 6.92 Å². The molecule has 31 heavy (non-hydrogen) atoms. The Balaban J connectivity index is 2.99. The van der Waals surface area contributed by atoms with Gasteiger partial charge in [-0.3, -0.25) is 0 Å². The van der Waals surface area contributed by atoms with Crippen LogP contribution in [-0.4, -0.2) is 6.43 Å². The van der Waals surface area contributed by atoms with Gasteiger partial charge < -0.3 is 0 Å². The minimum atomic E-state index is -2.10. The van der Waals surface area contributed by atoms with Gasteiger partial charge in [-0.05, 0) is 6.42 Å². The first-order valence-corrected chi connectivity index (χ1v) is 14.6. The van der Waals surface area contributed by atoms with Gasteiger partial charge in [-0.25, -0.2) is 8.78 Å². The highest BCUT2D eigenvalue weighted by atomic mass is 19.3. The fourth-order valence-corrected chi connectivity index (χ4v) is 4.61. The molecule has 0 aromatic rings. The Kier molecular flexibility index (Phi) is 27.8. The minimum absolute atomic E-state index is 0.0966. The number of hydrogen-bond donors (Lipinski definition) is 0. The second kappa shape index (κ2) is 27.9. The van der Waals surface area contributed by atoms with E-state index < -0.39 is 6.43 Å². The van der Waals surface area contributed by atoms with Crippen molar-refractivity contribution in [2.75, 3.05) is 0 Å². The second-order valence-corrected chi connectivity index (χ2v) is 10.0. The molecule has 0 aliphatic heterocycles. The first-order valence-electron chi connectivity index (χ1n) is 14.6. The molecular formula is C29H58F2. The number of rotatable bonds is 27. The summed E-state index contributed by atoms with van der Waals surface area (Å²) in [4.78, 5) is 0. The van der Waals surface area contributed by atoms with E-state index in [9.17, 15) is 8.78 Å². The number of halogens is 2. The quantitative estimate of drug-likeness (QED) is 0.110. The van der Waals surface area contributed by atoms with Crippen molar-refractivity contribution in [2.24, 2.45) is 0 Å². The van der Waals surface area contributed by atoms with Crippen molar-refractivity contribution in [1.29, 1.82) is 0 Å². The maximum absolute atomic E-state index is 12.0. The van der Waals surface area contributed by atoms with E-state index >= 15 is 0 Å². The van der Waals surface area contributed by atoms with Crippen LogP contribution in [0.3, 0.4) is 0 Å². The Labute approximate surface area is 195 Å². The average Bonchev–Trinajstić information content (AvgIpc) is 2.76. The summed E-state index contributed by atoms with van der Waals surface area (Å²) in [5.41, 5.74) is 0. The lowest BCUT2D eigenvalue weighted by Gasteiger charge is -2.04. The minimum Gasteiger partial charge on any atom is -0.211 e. The molecule has 0 spiro atoms. The van der Waals surface area contributed by atoms with Crippen LogP contribution in [-0.2, 0) is 0 Å². The van der Waals surface area contributed by atoms with Crippen molar-refractivity contribution in [3.05, 3.63) is 0 Å². The zero-order valence-corrected chi connectivity index (χ0v) is 21.4.